The van der Waals surface area contributed by atoms with Crippen molar-refractivity contribution >= 4 is 0 Å². The Hall–Kier alpha value is -2.54. The Kier molecular flexibility index (Phi) is 4.55. The van der Waals surface area contributed by atoms with E-state index < -0.39 is 0 Å². The van der Waals surface area contributed by atoms with E-state index in [1.165, 1.54) is 5.56 Å². The highest BCUT2D eigenvalue weighted by molar-refractivity contribution is 5.48. The van der Waals surface area contributed by atoms with E-state index >= 15 is 0 Å². The molecule has 0 N–H and O–H groups in total. The van der Waals surface area contributed by atoms with Gasteiger partial charge in [0.25, 0.3) is 0 Å². The van der Waals surface area contributed by atoms with Gasteiger partial charge in [0.05, 0.1) is 11.7 Å². The molecular weight excluding hydrogens is 326 g/mol. The minimum Gasteiger partial charge on any atom is -0.306 e. The molecule has 1 aliphatic heterocycles. The Bertz CT molecular complexity index is 873. The molecule has 0 atom stereocenters. The minimum atomic E-state index is 0.392. The average molecular weight is 351 g/mol. The van der Waals surface area contributed by atoms with Crippen molar-refractivity contribution in [3.63, 3.8) is 0 Å². The van der Waals surface area contributed by atoms with Crippen molar-refractivity contribution in [2.45, 2.75) is 32.2 Å². The number of hydrogen-bond acceptors (Lipinski definition) is 5. The molecule has 1 saturated heterocycles. The lowest BCUT2D eigenvalue weighted by Crippen LogP contribution is -2.32. The van der Waals surface area contributed by atoms with Gasteiger partial charge < -0.3 is 4.90 Å². The predicted molar refractivity (Wildman–Crippen MR) is 99.8 cm³/mol. The van der Waals surface area contributed by atoms with Crippen molar-refractivity contribution in [1.82, 2.24) is 34.4 Å². The van der Waals surface area contributed by atoms with Crippen LogP contribution >= 0.6 is 0 Å². The summed E-state index contributed by atoms with van der Waals surface area (Å²) >= 11 is 0. The van der Waals surface area contributed by atoms with Crippen LogP contribution < -0.4 is 0 Å². The zero-order valence-electron chi connectivity index (χ0n) is 15.6. The fourth-order valence-corrected chi connectivity index (χ4v) is 3.60. The van der Waals surface area contributed by atoms with Gasteiger partial charge in [-0.05, 0) is 52.0 Å². The molecule has 0 saturated carbocycles. The Labute approximate surface area is 153 Å². The molecule has 7 heteroatoms. The van der Waals surface area contributed by atoms with Crippen LogP contribution in [0.2, 0.25) is 0 Å². The molecule has 0 amide bonds. The molecule has 4 rings (SSSR count). The largest absolute Gasteiger partial charge is 0.306 e. The maximum atomic E-state index is 4.86. The van der Waals surface area contributed by atoms with Crippen LogP contribution in [-0.4, -0.2) is 54.6 Å². The van der Waals surface area contributed by atoms with Crippen LogP contribution in [0, 0.1) is 6.92 Å². The number of hydrogen-bond donors (Lipinski definition) is 0. The van der Waals surface area contributed by atoms with E-state index in [-0.39, 0.29) is 0 Å². The molecule has 0 spiro atoms. The molecule has 0 aromatic carbocycles. The number of piperidine rings is 1. The number of pyridine rings is 1. The number of rotatable bonds is 4. The smallest absolute Gasteiger partial charge is 0.200 e. The van der Waals surface area contributed by atoms with Crippen LogP contribution in [0.3, 0.4) is 0 Å². The van der Waals surface area contributed by atoms with E-state index in [0.717, 1.165) is 49.6 Å². The van der Waals surface area contributed by atoms with E-state index in [4.69, 9.17) is 10.1 Å². The molecule has 3 aromatic heterocycles. The third-order valence-corrected chi connectivity index (χ3v) is 5.09. The second-order valence-corrected chi connectivity index (χ2v) is 7.14. The predicted octanol–water partition coefficient (Wildman–Crippen LogP) is 2.24. The van der Waals surface area contributed by atoms with Gasteiger partial charge in [-0.25, -0.2) is 9.67 Å². The Morgan fingerprint density at radius 2 is 1.92 bits per heavy atom. The fraction of sp³-hybridized carbons (Fsp3) is 0.474. The van der Waals surface area contributed by atoms with Gasteiger partial charge in [0, 0.05) is 31.4 Å². The summed E-state index contributed by atoms with van der Waals surface area (Å²) in [6.45, 7) is 4.23. The van der Waals surface area contributed by atoms with Gasteiger partial charge in [0.2, 0.25) is 0 Å². The summed E-state index contributed by atoms with van der Waals surface area (Å²) < 4.78 is 4.00. The van der Waals surface area contributed by atoms with Crippen molar-refractivity contribution in [3.05, 3.63) is 47.7 Å². The number of aromatic nitrogens is 6. The van der Waals surface area contributed by atoms with Crippen LogP contribution in [0.1, 0.15) is 36.0 Å². The molecule has 4 heterocycles. The van der Waals surface area contributed by atoms with Crippen molar-refractivity contribution in [2.75, 3.05) is 20.1 Å². The number of aryl methyl sites for hydroxylation is 2. The van der Waals surface area contributed by atoms with Gasteiger partial charge >= 0.3 is 0 Å². The van der Waals surface area contributed by atoms with Crippen LogP contribution in [0.15, 0.2) is 30.6 Å². The molecule has 0 bridgehead atoms. The molecule has 0 aliphatic carbocycles. The van der Waals surface area contributed by atoms with Crippen molar-refractivity contribution in [3.8, 4) is 11.5 Å². The zero-order chi connectivity index (χ0) is 18.1. The molecule has 0 unspecified atom stereocenters. The highest BCUT2D eigenvalue weighted by Crippen LogP contribution is 2.25. The monoisotopic (exact) mass is 351 g/mol. The van der Waals surface area contributed by atoms with E-state index in [2.05, 4.69) is 32.9 Å². The van der Waals surface area contributed by atoms with Gasteiger partial charge in [-0.3, -0.25) is 9.67 Å². The quantitative estimate of drug-likeness (QED) is 0.721. The van der Waals surface area contributed by atoms with Crippen LogP contribution in [0.5, 0.6) is 0 Å². The van der Waals surface area contributed by atoms with Crippen LogP contribution in [-0.2, 0) is 13.5 Å². The van der Waals surface area contributed by atoms with E-state index in [0.29, 0.717) is 11.9 Å². The third kappa shape index (κ3) is 3.39. The Morgan fingerprint density at radius 1 is 1.12 bits per heavy atom. The maximum Gasteiger partial charge on any atom is 0.200 e. The summed E-state index contributed by atoms with van der Waals surface area (Å²) in [5, 5.41) is 9.32. The van der Waals surface area contributed by atoms with Crippen LogP contribution in [0.25, 0.3) is 11.5 Å². The first-order chi connectivity index (χ1) is 12.6. The molecule has 0 radical (unpaired) electrons. The van der Waals surface area contributed by atoms with Gasteiger partial charge in [0.15, 0.2) is 5.82 Å². The van der Waals surface area contributed by atoms with Crippen molar-refractivity contribution in [1.29, 1.82) is 0 Å². The molecular formula is C19H25N7. The first-order valence-corrected chi connectivity index (χ1v) is 9.14. The molecule has 1 aliphatic rings. The van der Waals surface area contributed by atoms with E-state index in [1.807, 2.05) is 36.9 Å². The summed E-state index contributed by atoms with van der Waals surface area (Å²) in [5.41, 5.74) is 3.06. The van der Waals surface area contributed by atoms with Crippen molar-refractivity contribution < 1.29 is 0 Å². The minimum absolute atomic E-state index is 0.392. The standard InChI is InChI=1S/C19H25N7/c1-14-15(13-25(3)22-14)12-18-21-19(17-6-4-5-9-20-17)23-26(18)16-7-10-24(2)11-8-16/h4-6,9,13,16H,7-8,10-12H2,1-3H3. The molecule has 26 heavy (non-hydrogen) atoms. The Morgan fingerprint density at radius 3 is 2.58 bits per heavy atom. The normalized spacial score (nSPS) is 16.3. The van der Waals surface area contributed by atoms with E-state index in [9.17, 15) is 0 Å². The fourth-order valence-electron chi connectivity index (χ4n) is 3.60. The zero-order valence-corrected chi connectivity index (χ0v) is 15.6. The molecule has 7 nitrogen and oxygen atoms in total. The van der Waals surface area contributed by atoms with Crippen LogP contribution in [0.4, 0.5) is 0 Å². The first kappa shape index (κ1) is 16.9. The lowest BCUT2D eigenvalue weighted by Gasteiger charge is -2.29. The van der Waals surface area contributed by atoms with Gasteiger partial charge in [0.1, 0.15) is 11.5 Å². The van der Waals surface area contributed by atoms with Gasteiger partial charge in [-0.2, -0.15) is 5.10 Å². The third-order valence-electron chi connectivity index (χ3n) is 5.09. The highest BCUT2D eigenvalue weighted by atomic mass is 15.4. The average Bonchev–Trinajstić information content (AvgIpc) is 3.20. The molecule has 136 valence electrons. The van der Waals surface area contributed by atoms with Gasteiger partial charge in [-0.15, -0.1) is 5.10 Å². The second-order valence-electron chi connectivity index (χ2n) is 7.14. The van der Waals surface area contributed by atoms with E-state index in [1.54, 1.807) is 6.20 Å². The number of likely N-dealkylation sites (tertiary alicyclic amines) is 1. The lowest BCUT2D eigenvalue weighted by molar-refractivity contribution is 0.210. The van der Waals surface area contributed by atoms with Gasteiger partial charge in [-0.1, -0.05) is 6.07 Å². The summed E-state index contributed by atoms with van der Waals surface area (Å²) in [7, 11) is 4.13. The molecule has 1 fully saturated rings. The Balaban J connectivity index is 1.70. The summed E-state index contributed by atoms with van der Waals surface area (Å²) in [6, 6.07) is 6.25. The summed E-state index contributed by atoms with van der Waals surface area (Å²) in [6.07, 6.45) is 6.80. The molecule has 3 aromatic rings. The van der Waals surface area contributed by atoms with Crippen molar-refractivity contribution in [2.24, 2.45) is 7.05 Å². The topological polar surface area (TPSA) is 64.7 Å². The summed E-state index contributed by atoms with van der Waals surface area (Å²) in [5.74, 6) is 1.71. The second kappa shape index (κ2) is 6.99. The maximum absolute atomic E-state index is 4.86. The summed E-state index contributed by atoms with van der Waals surface area (Å²) in [4.78, 5) is 11.7. The SMILES string of the molecule is Cc1nn(C)cc1Cc1nc(-c2ccccn2)nn1C1CCN(C)CC1. The lowest BCUT2D eigenvalue weighted by atomic mass is 10.1. The highest BCUT2D eigenvalue weighted by Gasteiger charge is 2.24. The number of nitrogens with zero attached hydrogens (tertiary/aromatic N) is 7. The first-order valence-electron chi connectivity index (χ1n) is 9.14.